The predicted octanol–water partition coefficient (Wildman–Crippen LogP) is 2.99. The van der Waals surface area contributed by atoms with Gasteiger partial charge in [-0.15, -0.1) is 0 Å². The molecule has 0 atom stereocenters. The van der Waals surface area contributed by atoms with Crippen LogP contribution in [0, 0.1) is 5.82 Å². The zero-order chi connectivity index (χ0) is 12.3. The van der Waals surface area contributed by atoms with Gasteiger partial charge in [-0.05, 0) is 35.0 Å². The van der Waals surface area contributed by atoms with Gasteiger partial charge in [0.1, 0.15) is 5.82 Å². The Labute approximate surface area is 105 Å². The Morgan fingerprint density at radius 1 is 1.50 bits per heavy atom. The van der Waals surface area contributed by atoms with E-state index >= 15 is 0 Å². The highest BCUT2D eigenvalue weighted by Crippen LogP contribution is 2.28. The lowest BCUT2D eigenvalue weighted by atomic mass is 10.1. The van der Waals surface area contributed by atoms with E-state index in [1.807, 2.05) is 0 Å². The molecule has 0 spiro atoms. The predicted molar refractivity (Wildman–Crippen MR) is 60.1 cm³/mol. The average molecular weight is 310 g/mol. The van der Waals surface area contributed by atoms with Crippen molar-refractivity contribution in [3.05, 3.63) is 33.0 Å². The number of carbonyl (C=O) groups excluding carboxylic acids is 2. The van der Waals surface area contributed by atoms with Gasteiger partial charge in [0.2, 0.25) is 0 Å². The molecule has 16 heavy (non-hydrogen) atoms. The summed E-state index contributed by atoms with van der Waals surface area (Å²) in [5.74, 6) is -2.99. The Morgan fingerprint density at radius 2 is 2.12 bits per heavy atom. The third-order valence-corrected chi connectivity index (χ3v) is 3.10. The van der Waals surface area contributed by atoms with E-state index in [4.69, 9.17) is 11.6 Å². The van der Waals surface area contributed by atoms with Crippen molar-refractivity contribution in [2.75, 3.05) is 6.61 Å². The molecule has 0 aromatic heterocycles. The summed E-state index contributed by atoms with van der Waals surface area (Å²) in [5.41, 5.74) is -0.411. The van der Waals surface area contributed by atoms with Gasteiger partial charge >= 0.3 is 5.97 Å². The normalized spacial score (nSPS) is 10.0. The minimum atomic E-state index is -1.11. The molecule has 0 aliphatic rings. The minimum absolute atomic E-state index is 0.0460. The van der Waals surface area contributed by atoms with E-state index in [2.05, 4.69) is 20.7 Å². The summed E-state index contributed by atoms with van der Waals surface area (Å²) in [7, 11) is 0. The van der Waals surface area contributed by atoms with Crippen molar-refractivity contribution in [3.63, 3.8) is 0 Å². The topological polar surface area (TPSA) is 43.4 Å². The summed E-state index contributed by atoms with van der Waals surface area (Å²) >= 11 is 8.64. The number of carbonyl (C=O) groups is 2. The van der Waals surface area contributed by atoms with Crippen LogP contribution < -0.4 is 0 Å². The SMILES string of the molecule is CCOC(=O)C(=O)c1c(F)ccc(Cl)c1Br. The number of hydrogen-bond donors (Lipinski definition) is 0. The largest absolute Gasteiger partial charge is 0.460 e. The van der Waals surface area contributed by atoms with E-state index in [0.717, 1.165) is 6.07 Å². The molecule has 1 rings (SSSR count). The summed E-state index contributed by atoms with van der Waals surface area (Å²) in [6.07, 6.45) is 0. The van der Waals surface area contributed by atoms with Crippen LogP contribution in [-0.2, 0) is 9.53 Å². The average Bonchev–Trinajstić information content (AvgIpc) is 2.24. The maximum atomic E-state index is 13.4. The molecular formula is C10H7BrClFO3. The quantitative estimate of drug-likeness (QED) is 0.373. The van der Waals surface area contributed by atoms with Crippen molar-refractivity contribution < 1.29 is 18.7 Å². The second kappa shape index (κ2) is 5.41. The van der Waals surface area contributed by atoms with Gasteiger partial charge in [0.25, 0.3) is 5.78 Å². The number of benzene rings is 1. The monoisotopic (exact) mass is 308 g/mol. The summed E-state index contributed by atoms with van der Waals surface area (Å²) < 4.78 is 17.9. The van der Waals surface area contributed by atoms with Gasteiger partial charge in [-0.1, -0.05) is 11.6 Å². The van der Waals surface area contributed by atoms with Crippen LogP contribution in [0.3, 0.4) is 0 Å². The molecule has 0 aliphatic carbocycles. The summed E-state index contributed by atoms with van der Waals surface area (Å²) in [6.45, 7) is 1.60. The number of hydrogen-bond acceptors (Lipinski definition) is 3. The molecular weight excluding hydrogens is 302 g/mol. The number of Topliss-reactive ketones (excluding diaryl/α,β-unsaturated/α-hetero) is 1. The Kier molecular flexibility index (Phi) is 4.44. The second-order valence-corrected chi connectivity index (χ2v) is 3.97. The molecule has 0 saturated carbocycles. The zero-order valence-corrected chi connectivity index (χ0v) is 10.6. The van der Waals surface area contributed by atoms with Gasteiger partial charge in [0.05, 0.1) is 21.7 Å². The molecule has 1 aromatic rings. The molecule has 0 heterocycles. The molecule has 1 aromatic carbocycles. The molecule has 0 saturated heterocycles. The number of ketones is 1. The molecule has 6 heteroatoms. The van der Waals surface area contributed by atoms with E-state index in [-0.39, 0.29) is 16.1 Å². The van der Waals surface area contributed by atoms with Crippen LogP contribution in [0.25, 0.3) is 0 Å². The number of ether oxygens (including phenoxy) is 1. The molecule has 0 N–H and O–H groups in total. The molecule has 86 valence electrons. The van der Waals surface area contributed by atoms with E-state index in [1.54, 1.807) is 6.92 Å². The molecule has 3 nitrogen and oxygen atoms in total. The smallest absolute Gasteiger partial charge is 0.379 e. The second-order valence-electron chi connectivity index (χ2n) is 2.77. The van der Waals surface area contributed by atoms with E-state index in [9.17, 15) is 14.0 Å². The zero-order valence-electron chi connectivity index (χ0n) is 8.22. The van der Waals surface area contributed by atoms with Gasteiger partial charge < -0.3 is 4.74 Å². The first-order chi connectivity index (χ1) is 7.49. The Balaban J connectivity index is 3.18. The van der Waals surface area contributed by atoms with Gasteiger partial charge in [-0.25, -0.2) is 9.18 Å². The molecule has 0 radical (unpaired) electrons. The fourth-order valence-electron chi connectivity index (χ4n) is 1.03. The Bertz CT molecular complexity index is 448. The fraction of sp³-hybridized carbons (Fsp3) is 0.200. The first-order valence-corrected chi connectivity index (χ1v) is 5.51. The van der Waals surface area contributed by atoms with Gasteiger partial charge in [0.15, 0.2) is 0 Å². The maximum Gasteiger partial charge on any atom is 0.379 e. The van der Waals surface area contributed by atoms with Crippen LogP contribution in [0.5, 0.6) is 0 Å². The van der Waals surface area contributed by atoms with Crippen LogP contribution in [0.1, 0.15) is 17.3 Å². The standard InChI is InChI=1S/C10H7BrClFO3/c1-2-16-10(15)9(14)7-6(13)4-3-5(12)8(7)11/h3-4H,2H2,1H3. The molecule has 0 unspecified atom stereocenters. The van der Waals surface area contributed by atoms with E-state index in [1.165, 1.54) is 6.07 Å². The third-order valence-electron chi connectivity index (χ3n) is 1.73. The molecule has 0 amide bonds. The van der Waals surface area contributed by atoms with Crippen molar-refractivity contribution in [1.82, 2.24) is 0 Å². The lowest BCUT2D eigenvalue weighted by molar-refractivity contribution is -0.137. The fourth-order valence-corrected chi connectivity index (χ4v) is 1.69. The van der Waals surface area contributed by atoms with Crippen LogP contribution in [0.4, 0.5) is 4.39 Å². The lowest BCUT2D eigenvalue weighted by Crippen LogP contribution is -2.19. The van der Waals surface area contributed by atoms with Crippen molar-refractivity contribution in [3.8, 4) is 0 Å². The number of halogens is 3. The summed E-state index contributed by atoms with van der Waals surface area (Å²) in [4.78, 5) is 22.7. The number of rotatable bonds is 3. The van der Waals surface area contributed by atoms with Crippen LogP contribution in [0.2, 0.25) is 5.02 Å². The van der Waals surface area contributed by atoms with Crippen LogP contribution >= 0.6 is 27.5 Å². The highest BCUT2D eigenvalue weighted by Gasteiger charge is 2.25. The molecule has 0 fully saturated rings. The van der Waals surface area contributed by atoms with Crippen molar-refractivity contribution >= 4 is 39.3 Å². The van der Waals surface area contributed by atoms with Gasteiger partial charge in [-0.3, -0.25) is 4.79 Å². The van der Waals surface area contributed by atoms with Crippen molar-refractivity contribution in [1.29, 1.82) is 0 Å². The van der Waals surface area contributed by atoms with Gasteiger partial charge in [-0.2, -0.15) is 0 Å². The summed E-state index contributed by atoms with van der Waals surface area (Å²) in [5, 5.41) is 0.147. The summed E-state index contributed by atoms with van der Waals surface area (Å²) in [6, 6.07) is 2.29. The highest BCUT2D eigenvalue weighted by atomic mass is 79.9. The maximum absolute atomic E-state index is 13.4. The first-order valence-electron chi connectivity index (χ1n) is 4.34. The van der Waals surface area contributed by atoms with Crippen LogP contribution in [-0.4, -0.2) is 18.4 Å². The Morgan fingerprint density at radius 3 is 2.69 bits per heavy atom. The van der Waals surface area contributed by atoms with E-state index in [0.29, 0.717) is 0 Å². The Hall–Kier alpha value is -0.940. The lowest BCUT2D eigenvalue weighted by Gasteiger charge is -2.05. The third kappa shape index (κ3) is 2.59. The number of esters is 1. The molecule has 0 aliphatic heterocycles. The van der Waals surface area contributed by atoms with Crippen molar-refractivity contribution in [2.24, 2.45) is 0 Å². The molecule has 0 bridgehead atoms. The van der Waals surface area contributed by atoms with E-state index < -0.39 is 23.1 Å². The van der Waals surface area contributed by atoms with Crippen LogP contribution in [0.15, 0.2) is 16.6 Å². The highest BCUT2D eigenvalue weighted by molar-refractivity contribution is 9.10. The van der Waals surface area contributed by atoms with Gasteiger partial charge in [0, 0.05) is 0 Å². The minimum Gasteiger partial charge on any atom is -0.460 e. The first kappa shape index (κ1) is 13.1. The van der Waals surface area contributed by atoms with Crippen molar-refractivity contribution in [2.45, 2.75) is 6.92 Å².